The van der Waals surface area contributed by atoms with Crippen molar-refractivity contribution in [2.45, 2.75) is 19.3 Å². The van der Waals surface area contributed by atoms with Crippen molar-refractivity contribution in [1.29, 1.82) is 0 Å². The Morgan fingerprint density at radius 3 is 2.42 bits per heavy atom. The van der Waals surface area contributed by atoms with Crippen molar-refractivity contribution in [1.82, 2.24) is 0 Å². The molecule has 0 radical (unpaired) electrons. The zero-order valence-corrected chi connectivity index (χ0v) is 14.1. The van der Waals surface area contributed by atoms with E-state index in [0.29, 0.717) is 12.0 Å². The van der Waals surface area contributed by atoms with Gasteiger partial charge in [-0.05, 0) is 64.4 Å². The van der Waals surface area contributed by atoms with Gasteiger partial charge in [0.25, 0.3) is 6.43 Å². The molecule has 1 aliphatic rings. The van der Waals surface area contributed by atoms with Crippen LogP contribution < -0.4 is 0 Å². The van der Waals surface area contributed by atoms with Gasteiger partial charge in [-0.25, -0.2) is 8.78 Å². The van der Waals surface area contributed by atoms with E-state index in [1.807, 2.05) is 36.4 Å². The molecule has 0 aromatic heterocycles. The van der Waals surface area contributed by atoms with Crippen molar-refractivity contribution in [3.8, 4) is 5.75 Å². The van der Waals surface area contributed by atoms with Gasteiger partial charge in [-0.3, -0.25) is 0 Å². The molecule has 0 atom stereocenters. The van der Waals surface area contributed by atoms with E-state index in [2.05, 4.69) is 6.07 Å². The molecule has 0 bridgehead atoms. The quantitative estimate of drug-likeness (QED) is 0.600. The molecule has 3 aromatic carbocycles. The van der Waals surface area contributed by atoms with Gasteiger partial charge in [0.15, 0.2) is 0 Å². The fraction of sp³-hybridized carbons (Fsp3) is 0.130. The van der Waals surface area contributed by atoms with Gasteiger partial charge >= 0.3 is 0 Å². The number of alkyl halides is 2. The van der Waals surface area contributed by atoms with Crippen molar-refractivity contribution < 1.29 is 13.9 Å². The lowest BCUT2D eigenvalue weighted by atomic mass is 9.90. The van der Waals surface area contributed by atoms with Crippen LogP contribution in [0.25, 0.3) is 11.6 Å². The highest BCUT2D eigenvalue weighted by Crippen LogP contribution is 2.38. The minimum atomic E-state index is -2.49. The second-order valence-corrected chi connectivity index (χ2v) is 6.48. The van der Waals surface area contributed by atoms with Crippen LogP contribution in [-0.2, 0) is 12.8 Å². The fourth-order valence-electron chi connectivity index (χ4n) is 3.68. The Balaban J connectivity index is 1.99. The molecule has 26 heavy (non-hydrogen) atoms. The Hall–Kier alpha value is -2.94. The molecule has 0 aliphatic heterocycles. The number of phenols is 1. The van der Waals surface area contributed by atoms with E-state index in [-0.39, 0.29) is 11.3 Å². The molecule has 130 valence electrons. The van der Waals surface area contributed by atoms with Gasteiger partial charge in [-0.15, -0.1) is 0 Å². The molecule has 0 amide bonds. The van der Waals surface area contributed by atoms with Crippen molar-refractivity contribution in [3.05, 3.63) is 100 Å². The molecule has 1 N–H and O–H groups in total. The van der Waals surface area contributed by atoms with E-state index in [4.69, 9.17) is 0 Å². The number of aromatic hydroxyl groups is 1. The third-order valence-corrected chi connectivity index (χ3v) is 4.87. The molecule has 3 aromatic rings. The second kappa shape index (κ2) is 6.75. The molecular formula is C23H18F2O. The number of phenolic OH excluding ortho intramolecular Hbond substituents is 1. The SMILES string of the molecule is Oc1cccc(C=C2c3ccccc3CCc3c2cccc3C(F)F)c1. The maximum absolute atomic E-state index is 13.6. The van der Waals surface area contributed by atoms with Gasteiger partial charge in [0.2, 0.25) is 0 Å². The average Bonchev–Trinajstić information content (AvgIpc) is 2.79. The highest BCUT2D eigenvalue weighted by atomic mass is 19.3. The van der Waals surface area contributed by atoms with Crippen LogP contribution >= 0.6 is 0 Å². The molecule has 0 fully saturated rings. The van der Waals surface area contributed by atoms with E-state index in [1.165, 1.54) is 6.07 Å². The molecule has 1 nitrogen and oxygen atoms in total. The van der Waals surface area contributed by atoms with Crippen LogP contribution in [-0.4, -0.2) is 5.11 Å². The lowest BCUT2D eigenvalue weighted by Gasteiger charge is -2.15. The summed E-state index contributed by atoms with van der Waals surface area (Å²) in [5, 5.41) is 9.78. The van der Waals surface area contributed by atoms with E-state index in [0.717, 1.165) is 34.2 Å². The van der Waals surface area contributed by atoms with Gasteiger partial charge in [0.05, 0.1) is 0 Å². The first-order chi connectivity index (χ1) is 12.6. The van der Waals surface area contributed by atoms with E-state index in [9.17, 15) is 13.9 Å². The number of fused-ring (bicyclic) bond motifs is 2. The van der Waals surface area contributed by atoms with Crippen molar-refractivity contribution in [2.24, 2.45) is 0 Å². The lowest BCUT2D eigenvalue weighted by Crippen LogP contribution is -1.99. The van der Waals surface area contributed by atoms with E-state index >= 15 is 0 Å². The average molecular weight is 348 g/mol. The number of hydrogen-bond acceptors (Lipinski definition) is 1. The Kier molecular flexibility index (Phi) is 4.29. The summed E-state index contributed by atoms with van der Waals surface area (Å²) >= 11 is 0. The molecule has 0 saturated carbocycles. The number of halogens is 2. The zero-order chi connectivity index (χ0) is 18.1. The number of hydrogen-bond donors (Lipinski definition) is 1. The normalized spacial score (nSPS) is 14.8. The highest BCUT2D eigenvalue weighted by Gasteiger charge is 2.23. The van der Waals surface area contributed by atoms with Crippen LogP contribution in [0, 0.1) is 0 Å². The summed E-state index contributed by atoms with van der Waals surface area (Å²) in [6.45, 7) is 0. The van der Waals surface area contributed by atoms with E-state index < -0.39 is 6.43 Å². The summed E-state index contributed by atoms with van der Waals surface area (Å²) in [5.41, 5.74) is 5.63. The van der Waals surface area contributed by atoms with Gasteiger partial charge in [0.1, 0.15) is 5.75 Å². The molecule has 4 rings (SSSR count). The smallest absolute Gasteiger partial charge is 0.264 e. The third-order valence-electron chi connectivity index (χ3n) is 4.87. The minimum absolute atomic E-state index is 0.108. The summed E-state index contributed by atoms with van der Waals surface area (Å²) in [5.74, 6) is 0.183. The van der Waals surface area contributed by atoms with Gasteiger partial charge in [-0.1, -0.05) is 54.6 Å². The van der Waals surface area contributed by atoms with Crippen LogP contribution in [0.15, 0.2) is 66.7 Å². The monoisotopic (exact) mass is 348 g/mol. The van der Waals surface area contributed by atoms with Gasteiger partial charge < -0.3 is 5.11 Å². The zero-order valence-electron chi connectivity index (χ0n) is 14.1. The lowest BCUT2D eigenvalue weighted by molar-refractivity contribution is 0.150. The predicted octanol–water partition coefficient (Wildman–Crippen LogP) is 6.02. The van der Waals surface area contributed by atoms with E-state index in [1.54, 1.807) is 24.3 Å². The molecule has 0 heterocycles. The van der Waals surface area contributed by atoms with Gasteiger partial charge in [-0.2, -0.15) is 0 Å². The number of aryl methyl sites for hydroxylation is 1. The highest BCUT2D eigenvalue weighted by molar-refractivity contribution is 5.94. The van der Waals surface area contributed by atoms with Crippen LogP contribution in [0.3, 0.4) is 0 Å². The first kappa shape index (κ1) is 16.5. The first-order valence-corrected chi connectivity index (χ1v) is 8.63. The topological polar surface area (TPSA) is 20.2 Å². The summed E-state index contributed by atoms with van der Waals surface area (Å²) in [4.78, 5) is 0. The van der Waals surface area contributed by atoms with Crippen LogP contribution in [0.5, 0.6) is 5.75 Å². The second-order valence-electron chi connectivity index (χ2n) is 6.48. The largest absolute Gasteiger partial charge is 0.508 e. The number of benzene rings is 3. The molecule has 3 heteroatoms. The van der Waals surface area contributed by atoms with Crippen LogP contribution in [0.1, 0.15) is 39.8 Å². The maximum Gasteiger partial charge on any atom is 0.264 e. The predicted molar refractivity (Wildman–Crippen MR) is 100 cm³/mol. The number of rotatable bonds is 2. The van der Waals surface area contributed by atoms with Crippen LogP contribution in [0.4, 0.5) is 8.78 Å². The molecule has 1 aliphatic carbocycles. The van der Waals surface area contributed by atoms with Gasteiger partial charge in [0, 0.05) is 5.56 Å². The summed E-state index contributed by atoms with van der Waals surface area (Å²) in [6.07, 6.45) is 0.792. The summed E-state index contributed by atoms with van der Waals surface area (Å²) in [7, 11) is 0. The maximum atomic E-state index is 13.6. The Morgan fingerprint density at radius 1 is 0.846 bits per heavy atom. The van der Waals surface area contributed by atoms with Crippen LogP contribution in [0.2, 0.25) is 0 Å². The summed E-state index contributed by atoms with van der Waals surface area (Å²) in [6, 6.07) is 20.1. The molecule has 0 saturated heterocycles. The Bertz CT molecular complexity index is 989. The fourth-order valence-corrected chi connectivity index (χ4v) is 3.68. The Morgan fingerprint density at radius 2 is 1.62 bits per heavy atom. The third kappa shape index (κ3) is 3.01. The Labute approximate surface area is 151 Å². The summed E-state index contributed by atoms with van der Waals surface area (Å²) < 4.78 is 27.1. The van der Waals surface area contributed by atoms with Crippen molar-refractivity contribution in [2.75, 3.05) is 0 Å². The molecule has 0 spiro atoms. The standard InChI is InChI=1S/C23H18F2O/c24-23(25)21-10-4-9-19-20(21)12-11-16-6-1-2-8-18(16)22(19)14-15-5-3-7-17(26)13-15/h1-10,13-14,23,26H,11-12H2. The molecular weight excluding hydrogens is 330 g/mol. The first-order valence-electron chi connectivity index (χ1n) is 8.63. The minimum Gasteiger partial charge on any atom is -0.508 e. The van der Waals surface area contributed by atoms with Crippen molar-refractivity contribution >= 4 is 11.6 Å². The van der Waals surface area contributed by atoms with Crippen molar-refractivity contribution in [3.63, 3.8) is 0 Å². The molecule has 0 unspecified atom stereocenters.